The number of carbonyl (C=O) groups is 5. The lowest BCUT2D eigenvalue weighted by Crippen LogP contribution is -2.57. The summed E-state index contributed by atoms with van der Waals surface area (Å²) in [6, 6.07) is 17.2. The summed E-state index contributed by atoms with van der Waals surface area (Å²) in [6.45, 7) is -0.340. The van der Waals surface area contributed by atoms with Crippen LogP contribution in [0.3, 0.4) is 0 Å². The van der Waals surface area contributed by atoms with Gasteiger partial charge in [0.2, 0.25) is 23.6 Å². The van der Waals surface area contributed by atoms with Crippen molar-refractivity contribution in [2.24, 2.45) is 5.73 Å². The summed E-state index contributed by atoms with van der Waals surface area (Å²) >= 11 is 0. The number of benzene rings is 3. The minimum Gasteiger partial charge on any atom is -0.480 e. The average Bonchev–Trinajstić information content (AvgIpc) is 3.00. The van der Waals surface area contributed by atoms with E-state index in [2.05, 4.69) is 16.0 Å². The van der Waals surface area contributed by atoms with Crippen LogP contribution in [-0.4, -0.2) is 88.3 Å². The van der Waals surface area contributed by atoms with E-state index in [0.29, 0.717) is 0 Å². The molecular weight excluding hydrogens is 570 g/mol. The fraction of sp³-hybridized carbons (Fsp3) is 0.323. The van der Waals surface area contributed by atoms with Crippen LogP contribution in [0, 0.1) is 0 Å². The van der Waals surface area contributed by atoms with E-state index in [4.69, 9.17) is 10.8 Å². The molecule has 13 heteroatoms. The Labute approximate surface area is 253 Å². The summed E-state index contributed by atoms with van der Waals surface area (Å²) in [6.07, 6.45) is -1.12. The smallest absolute Gasteiger partial charge is 0.328 e. The molecule has 3 aromatic carbocycles. The third-order valence-electron chi connectivity index (χ3n) is 6.83. The summed E-state index contributed by atoms with van der Waals surface area (Å²) in [5.74, 6) is -4.68. The minimum atomic E-state index is -1.66. The van der Waals surface area contributed by atoms with Crippen molar-refractivity contribution >= 4 is 40.4 Å². The van der Waals surface area contributed by atoms with Crippen LogP contribution in [0.4, 0.5) is 0 Å². The van der Waals surface area contributed by atoms with Gasteiger partial charge in [0.1, 0.15) is 12.1 Å². The van der Waals surface area contributed by atoms with Crippen LogP contribution in [0.25, 0.3) is 10.8 Å². The first-order valence-corrected chi connectivity index (χ1v) is 13.9. The Morgan fingerprint density at radius 2 is 1.41 bits per heavy atom. The molecule has 9 N–H and O–H groups in total. The number of aliphatic hydroxyl groups excluding tert-OH is 2. The Hall–Kier alpha value is -4.85. The number of hydrogen-bond donors (Lipinski definition) is 8. The highest BCUT2D eigenvalue weighted by atomic mass is 16.4. The van der Waals surface area contributed by atoms with Crippen LogP contribution < -0.4 is 27.0 Å². The molecule has 3 rings (SSSR count). The van der Waals surface area contributed by atoms with Crippen molar-refractivity contribution in [1.82, 2.24) is 21.3 Å². The number of hydrogen-bond acceptors (Lipinski definition) is 8. The molecule has 0 aliphatic heterocycles. The Morgan fingerprint density at radius 3 is 2.05 bits per heavy atom. The third kappa shape index (κ3) is 9.87. The number of carboxylic acids is 1. The maximum Gasteiger partial charge on any atom is 0.328 e. The van der Waals surface area contributed by atoms with E-state index in [1.54, 1.807) is 30.3 Å². The maximum absolute atomic E-state index is 13.1. The third-order valence-corrected chi connectivity index (χ3v) is 6.83. The number of nitrogens with one attached hydrogen (secondary N) is 4. The van der Waals surface area contributed by atoms with Gasteiger partial charge in [-0.3, -0.25) is 19.2 Å². The molecular formula is C31H37N5O8. The van der Waals surface area contributed by atoms with Gasteiger partial charge in [-0.15, -0.1) is 0 Å². The molecule has 4 amide bonds. The number of carbonyl (C=O) groups excluding carboxylic acids is 4. The number of nitrogens with two attached hydrogens (primary N) is 1. The number of aliphatic hydroxyl groups is 2. The minimum absolute atomic E-state index is 0.0975. The highest BCUT2D eigenvalue weighted by molar-refractivity contribution is 5.94. The van der Waals surface area contributed by atoms with Crippen molar-refractivity contribution in [3.8, 4) is 0 Å². The summed E-state index contributed by atoms with van der Waals surface area (Å²) in [5.41, 5.74) is 7.79. The lowest BCUT2D eigenvalue weighted by molar-refractivity contribution is -0.145. The van der Waals surface area contributed by atoms with Crippen molar-refractivity contribution in [2.45, 2.75) is 50.0 Å². The van der Waals surface area contributed by atoms with Crippen molar-refractivity contribution < 1.29 is 39.3 Å². The molecule has 44 heavy (non-hydrogen) atoms. The van der Waals surface area contributed by atoms with E-state index >= 15 is 0 Å². The van der Waals surface area contributed by atoms with Gasteiger partial charge in [0, 0.05) is 6.42 Å². The van der Waals surface area contributed by atoms with Gasteiger partial charge in [0.05, 0.1) is 25.3 Å². The number of carboxylic acid groups (broad SMARTS) is 1. The molecule has 0 bridgehead atoms. The topological polar surface area (TPSA) is 220 Å². The maximum atomic E-state index is 13.1. The largest absolute Gasteiger partial charge is 0.480 e. The van der Waals surface area contributed by atoms with Gasteiger partial charge in [0.15, 0.2) is 6.04 Å². The van der Waals surface area contributed by atoms with Gasteiger partial charge < -0.3 is 42.3 Å². The molecule has 0 aliphatic rings. The summed E-state index contributed by atoms with van der Waals surface area (Å²) in [4.78, 5) is 62.3. The number of rotatable bonds is 15. The van der Waals surface area contributed by atoms with Crippen LogP contribution in [0.5, 0.6) is 0 Å². The lowest BCUT2D eigenvalue weighted by Gasteiger charge is -2.22. The summed E-state index contributed by atoms with van der Waals surface area (Å²) < 4.78 is 0. The zero-order valence-electron chi connectivity index (χ0n) is 24.1. The van der Waals surface area contributed by atoms with Crippen molar-refractivity contribution in [3.05, 3.63) is 83.9 Å². The Morgan fingerprint density at radius 1 is 0.750 bits per heavy atom. The molecule has 0 radical (unpaired) electrons. The molecule has 234 valence electrons. The van der Waals surface area contributed by atoms with Gasteiger partial charge in [0.25, 0.3) is 0 Å². The molecule has 0 aliphatic carbocycles. The van der Waals surface area contributed by atoms with Gasteiger partial charge in [-0.1, -0.05) is 72.8 Å². The van der Waals surface area contributed by atoms with Gasteiger partial charge in [-0.2, -0.15) is 0 Å². The predicted molar refractivity (Wildman–Crippen MR) is 161 cm³/mol. The second-order valence-electron chi connectivity index (χ2n) is 10.3. The van der Waals surface area contributed by atoms with Crippen molar-refractivity contribution in [2.75, 3.05) is 13.2 Å². The van der Waals surface area contributed by atoms with Crippen LogP contribution in [0.2, 0.25) is 0 Å². The second-order valence-corrected chi connectivity index (χ2v) is 10.3. The average molecular weight is 608 g/mol. The lowest BCUT2D eigenvalue weighted by atomic mass is 10.0. The van der Waals surface area contributed by atoms with E-state index in [-0.39, 0.29) is 12.8 Å². The first-order valence-electron chi connectivity index (χ1n) is 13.9. The van der Waals surface area contributed by atoms with Gasteiger partial charge in [-0.25, -0.2) is 4.79 Å². The van der Waals surface area contributed by atoms with Crippen LogP contribution in [-0.2, 0) is 36.8 Å². The highest BCUT2D eigenvalue weighted by Crippen LogP contribution is 2.16. The first-order chi connectivity index (χ1) is 21.0. The molecule has 13 nitrogen and oxygen atoms in total. The SMILES string of the molecule is C[C@H](O)[C@@H](NC(=O)[C@@H](CO)NC(=O)CNC(=O)[C@@H](Cc1ccccc1)NC(=O)[C@H](N)Cc1ccc2ccccc2c1)C(=O)O. The first kappa shape index (κ1) is 33.6. The standard InChI is InChI=1S/C31H37N5O8/c1-18(38)27(31(43)44)36-30(42)25(17-37)34-26(39)16-33-29(41)24(15-19-7-3-2-4-8-19)35-28(40)23(32)14-20-11-12-21-9-5-6-10-22(21)13-20/h2-13,18,23-25,27,37-38H,14-17,32H2,1H3,(H,33,41)(H,34,39)(H,35,40)(H,36,42)(H,43,44)/t18-,23+,24+,25+,27+/m0/s1. The van der Waals surface area contributed by atoms with Crippen LogP contribution in [0.15, 0.2) is 72.8 Å². The molecule has 0 heterocycles. The van der Waals surface area contributed by atoms with E-state index in [9.17, 15) is 34.2 Å². The van der Waals surface area contributed by atoms with Crippen molar-refractivity contribution in [3.63, 3.8) is 0 Å². The summed E-state index contributed by atoms with van der Waals surface area (Å²) in [7, 11) is 0. The highest BCUT2D eigenvalue weighted by Gasteiger charge is 2.30. The zero-order chi connectivity index (χ0) is 32.2. The fourth-order valence-electron chi connectivity index (χ4n) is 4.42. The normalized spacial score (nSPS) is 14.4. The summed E-state index contributed by atoms with van der Waals surface area (Å²) in [5, 5.41) is 39.6. The molecule has 0 spiro atoms. The monoisotopic (exact) mass is 607 g/mol. The van der Waals surface area contributed by atoms with Crippen molar-refractivity contribution in [1.29, 1.82) is 0 Å². The quantitative estimate of drug-likeness (QED) is 0.106. The van der Waals surface area contributed by atoms with Crippen LogP contribution in [0.1, 0.15) is 18.1 Å². The molecule has 5 atom stereocenters. The Kier molecular flexibility index (Phi) is 12.3. The zero-order valence-corrected chi connectivity index (χ0v) is 24.1. The van der Waals surface area contributed by atoms with E-state index in [0.717, 1.165) is 28.8 Å². The molecule has 3 aromatic rings. The van der Waals surface area contributed by atoms with Gasteiger partial charge in [-0.05, 0) is 35.2 Å². The molecule has 0 unspecified atom stereocenters. The Balaban J connectivity index is 1.62. The number of fused-ring (bicyclic) bond motifs is 1. The Bertz CT molecular complexity index is 1470. The van der Waals surface area contributed by atoms with E-state index < -0.39 is 73.0 Å². The number of aliphatic carboxylic acids is 1. The van der Waals surface area contributed by atoms with E-state index in [1.165, 1.54) is 0 Å². The molecule has 0 aromatic heterocycles. The molecule has 0 saturated heterocycles. The predicted octanol–water partition coefficient (Wildman–Crippen LogP) is -1.02. The van der Waals surface area contributed by atoms with E-state index in [1.807, 2.05) is 47.8 Å². The fourth-order valence-corrected chi connectivity index (χ4v) is 4.42. The van der Waals surface area contributed by atoms with Crippen LogP contribution >= 0.6 is 0 Å². The van der Waals surface area contributed by atoms with Gasteiger partial charge >= 0.3 is 5.97 Å². The molecule has 0 saturated carbocycles. The molecule has 0 fully saturated rings. The second kappa shape index (κ2) is 16.1. The number of amides is 4.